The van der Waals surface area contributed by atoms with Gasteiger partial charge < -0.3 is 14.8 Å². The largest absolute Gasteiger partial charge is 0.573 e. The predicted molar refractivity (Wildman–Crippen MR) is 112 cm³/mol. The monoisotopic (exact) mass is 452 g/mol. The van der Waals surface area contributed by atoms with Gasteiger partial charge in [-0.1, -0.05) is 12.1 Å². The molecule has 1 aromatic carbocycles. The number of carbonyl (C=O) groups excluding carboxylic acids is 1. The summed E-state index contributed by atoms with van der Waals surface area (Å²) >= 11 is 0. The maximum Gasteiger partial charge on any atom is 0.573 e. The van der Waals surface area contributed by atoms with E-state index in [1.807, 2.05) is 0 Å². The second-order valence-corrected chi connectivity index (χ2v) is 10.1. The van der Waals surface area contributed by atoms with E-state index in [-0.39, 0.29) is 17.8 Å². The molecule has 1 atom stereocenters. The number of ether oxygens (including phenoxy) is 2. The van der Waals surface area contributed by atoms with Crippen molar-refractivity contribution in [3.8, 4) is 5.75 Å². The Kier molecular flexibility index (Phi) is 6.09. The number of hydrogen-bond donors (Lipinski definition) is 1. The minimum atomic E-state index is -4.68. The number of carbonyl (C=O) groups is 1. The smallest absolute Gasteiger partial charge is 0.406 e. The Hall–Kier alpha value is -1.80. The molecule has 0 aromatic heterocycles. The highest BCUT2D eigenvalue weighted by molar-refractivity contribution is 5.77. The van der Waals surface area contributed by atoms with Crippen LogP contribution in [0.5, 0.6) is 5.75 Å². The first-order valence-corrected chi connectivity index (χ1v) is 11.8. The van der Waals surface area contributed by atoms with Crippen LogP contribution in [0, 0.1) is 23.7 Å². The Morgan fingerprint density at radius 1 is 1.06 bits per heavy atom. The summed E-state index contributed by atoms with van der Waals surface area (Å²) < 4.78 is 46.7. The van der Waals surface area contributed by atoms with Crippen LogP contribution >= 0.6 is 0 Å². The van der Waals surface area contributed by atoms with Crippen LogP contribution < -0.4 is 10.1 Å². The maximum absolute atomic E-state index is 12.8. The number of halogens is 3. The van der Waals surface area contributed by atoms with Gasteiger partial charge in [-0.3, -0.25) is 9.69 Å². The molecule has 1 amide bonds. The SMILES string of the molecule is O=C(CC1CN(Cc2ccc(OC(F)(F)F)cc2)CCO1)NC1C2CC3CC(C2)CC1C3. The number of nitrogens with zero attached hydrogens (tertiary/aromatic N) is 1. The van der Waals surface area contributed by atoms with Gasteiger partial charge in [-0.25, -0.2) is 0 Å². The van der Waals surface area contributed by atoms with E-state index in [4.69, 9.17) is 4.74 Å². The quantitative estimate of drug-likeness (QED) is 0.706. The molecule has 176 valence electrons. The summed E-state index contributed by atoms with van der Waals surface area (Å²) in [5.74, 6) is 2.95. The van der Waals surface area contributed by atoms with E-state index in [1.54, 1.807) is 12.1 Å². The van der Waals surface area contributed by atoms with Gasteiger partial charge in [-0.15, -0.1) is 13.2 Å². The lowest BCUT2D eigenvalue weighted by atomic mass is 9.54. The number of morpholine rings is 1. The molecule has 1 N–H and O–H groups in total. The number of amides is 1. The summed E-state index contributed by atoms with van der Waals surface area (Å²) in [7, 11) is 0. The molecule has 32 heavy (non-hydrogen) atoms. The van der Waals surface area contributed by atoms with E-state index >= 15 is 0 Å². The molecule has 5 fully saturated rings. The fourth-order valence-corrected chi connectivity index (χ4v) is 6.71. The van der Waals surface area contributed by atoms with Crippen LogP contribution in [-0.2, 0) is 16.1 Å². The molecule has 0 radical (unpaired) electrons. The minimum absolute atomic E-state index is 0.0861. The van der Waals surface area contributed by atoms with Gasteiger partial charge in [0.1, 0.15) is 5.75 Å². The van der Waals surface area contributed by atoms with Gasteiger partial charge in [-0.05, 0) is 73.5 Å². The lowest BCUT2D eigenvalue weighted by molar-refractivity contribution is -0.274. The van der Waals surface area contributed by atoms with Crippen molar-refractivity contribution in [2.24, 2.45) is 23.7 Å². The highest BCUT2D eigenvalue weighted by Gasteiger charge is 2.48. The van der Waals surface area contributed by atoms with E-state index in [0.717, 1.165) is 23.9 Å². The number of nitrogens with one attached hydrogen (secondary N) is 1. The molecule has 4 saturated carbocycles. The zero-order chi connectivity index (χ0) is 22.3. The molecule has 1 aromatic rings. The molecule has 6 rings (SSSR count). The molecule has 4 aliphatic carbocycles. The van der Waals surface area contributed by atoms with Crippen molar-refractivity contribution >= 4 is 5.91 Å². The van der Waals surface area contributed by atoms with Gasteiger partial charge in [0.05, 0.1) is 19.1 Å². The van der Waals surface area contributed by atoms with Crippen molar-refractivity contribution in [3.05, 3.63) is 29.8 Å². The third kappa shape index (κ3) is 5.22. The molecular formula is C24H31F3N2O3. The topological polar surface area (TPSA) is 50.8 Å². The number of rotatable bonds is 6. The molecule has 5 aliphatic rings. The zero-order valence-electron chi connectivity index (χ0n) is 18.2. The van der Waals surface area contributed by atoms with Crippen molar-refractivity contribution in [3.63, 3.8) is 0 Å². The minimum Gasteiger partial charge on any atom is -0.406 e. The molecule has 1 aliphatic heterocycles. The van der Waals surface area contributed by atoms with Crippen LogP contribution in [0.1, 0.15) is 44.1 Å². The van der Waals surface area contributed by atoms with Crippen LogP contribution in [0.4, 0.5) is 13.2 Å². The summed E-state index contributed by atoms with van der Waals surface area (Å²) in [5.41, 5.74) is 0.901. The molecule has 0 spiro atoms. The Morgan fingerprint density at radius 3 is 2.34 bits per heavy atom. The van der Waals surface area contributed by atoms with Gasteiger partial charge in [0.15, 0.2) is 0 Å². The molecule has 5 nitrogen and oxygen atoms in total. The Balaban J connectivity index is 1.10. The second-order valence-electron chi connectivity index (χ2n) is 10.1. The van der Waals surface area contributed by atoms with E-state index < -0.39 is 6.36 Å². The second kappa shape index (κ2) is 8.86. The molecule has 8 heteroatoms. The average Bonchev–Trinajstić information content (AvgIpc) is 2.71. The van der Waals surface area contributed by atoms with Crippen molar-refractivity contribution in [2.45, 2.75) is 63.6 Å². The van der Waals surface area contributed by atoms with E-state index in [2.05, 4.69) is 15.0 Å². The fourth-order valence-electron chi connectivity index (χ4n) is 6.71. The maximum atomic E-state index is 12.8. The van der Waals surface area contributed by atoms with E-state index in [0.29, 0.717) is 44.0 Å². The first-order chi connectivity index (χ1) is 15.3. The standard InChI is InChI=1S/C24H31F3N2O3/c25-24(26,27)32-20-3-1-15(2-4-20)13-29-5-6-31-21(14-29)12-22(30)28-23-18-8-16-7-17(10-18)11-19(23)9-16/h1-4,16-19,21,23H,5-14H2,(H,28,30). The highest BCUT2D eigenvalue weighted by Crippen LogP contribution is 2.53. The molecule has 4 bridgehead atoms. The van der Waals surface area contributed by atoms with Gasteiger partial charge >= 0.3 is 6.36 Å². The Morgan fingerprint density at radius 2 is 1.72 bits per heavy atom. The van der Waals surface area contributed by atoms with Gasteiger partial charge in [-0.2, -0.15) is 0 Å². The van der Waals surface area contributed by atoms with Crippen molar-refractivity contribution in [1.29, 1.82) is 0 Å². The van der Waals surface area contributed by atoms with Crippen LogP contribution in [0.15, 0.2) is 24.3 Å². The van der Waals surface area contributed by atoms with Crippen LogP contribution in [0.25, 0.3) is 0 Å². The normalized spacial score (nSPS) is 34.5. The summed E-state index contributed by atoms with van der Waals surface area (Å²) in [4.78, 5) is 15.0. The Labute approximate surface area is 186 Å². The number of benzene rings is 1. The number of alkyl halides is 3. The van der Waals surface area contributed by atoms with E-state index in [9.17, 15) is 18.0 Å². The van der Waals surface area contributed by atoms with Crippen LogP contribution in [0.2, 0.25) is 0 Å². The predicted octanol–water partition coefficient (Wildman–Crippen LogP) is 4.12. The van der Waals surface area contributed by atoms with E-state index in [1.165, 1.54) is 44.2 Å². The third-order valence-electron chi connectivity index (χ3n) is 7.75. The van der Waals surface area contributed by atoms with Gasteiger partial charge in [0, 0.05) is 25.7 Å². The van der Waals surface area contributed by atoms with Crippen LogP contribution in [0.3, 0.4) is 0 Å². The molecule has 1 unspecified atom stereocenters. The van der Waals surface area contributed by atoms with Gasteiger partial charge in [0.25, 0.3) is 0 Å². The molecule has 1 saturated heterocycles. The van der Waals surface area contributed by atoms with Gasteiger partial charge in [0.2, 0.25) is 5.91 Å². The highest BCUT2D eigenvalue weighted by atomic mass is 19.4. The summed E-state index contributed by atoms with van der Waals surface area (Å²) in [5, 5.41) is 3.36. The lowest BCUT2D eigenvalue weighted by Gasteiger charge is -2.54. The van der Waals surface area contributed by atoms with Crippen molar-refractivity contribution < 1.29 is 27.4 Å². The summed E-state index contributed by atoms with van der Waals surface area (Å²) in [6.07, 6.45) is 2.02. The summed E-state index contributed by atoms with van der Waals surface area (Å²) in [6.45, 7) is 2.51. The average molecular weight is 453 g/mol. The number of hydrogen-bond acceptors (Lipinski definition) is 4. The molecule has 1 heterocycles. The molecular weight excluding hydrogens is 421 g/mol. The lowest BCUT2D eigenvalue weighted by Crippen LogP contribution is -2.56. The Bertz CT molecular complexity index is 786. The van der Waals surface area contributed by atoms with Crippen LogP contribution in [-0.4, -0.2) is 49.0 Å². The zero-order valence-corrected chi connectivity index (χ0v) is 18.2. The first kappa shape index (κ1) is 22.0. The van der Waals surface area contributed by atoms with Crippen molar-refractivity contribution in [2.75, 3.05) is 19.7 Å². The fraction of sp³-hybridized carbons (Fsp3) is 0.708. The summed E-state index contributed by atoms with van der Waals surface area (Å²) in [6, 6.07) is 6.29. The first-order valence-electron chi connectivity index (χ1n) is 11.8. The third-order valence-corrected chi connectivity index (χ3v) is 7.75. The van der Waals surface area contributed by atoms with Crippen molar-refractivity contribution in [1.82, 2.24) is 10.2 Å².